The maximum atomic E-state index is 12.6. The summed E-state index contributed by atoms with van der Waals surface area (Å²) in [6, 6.07) is 7.42. The molecule has 1 aromatic carbocycles. The average molecular weight is 365 g/mol. The van der Waals surface area contributed by atoms with E-state index in [2.05, 4.69) is 15.2 Å². The van der Waals surface area contributed by atoms with Gasteiger partial charge in [0.15, 0.2) is 5.82 Å². The molecule has 1 amide bonds. The summed E-state index contributed by atoms with van der Waals surface area (Å²) in [4.78, 5) is 19.1. The standard InChI is InChI=1S/C17H21ClN4OS/c1-12(16(23)22-10-4-2-3-5-11-22)24-17-19-15(20-21-17)13-6-8-14(18)9-7-13/h6-9,12H,2-5,10-11H2,1H3,(H,19,20,21). The first-order chi connectivity index (χ1) is 11.6. The Hall–Kier alpha value is -1.53. The van der Waals surface area contributed by atoms with Crippen molar-refractivity contribution in [2.45, 2.75) is 43.0 Å². The number of hydrogen-bond donors (Lipinski definition) is 1. The van der Waals surface area contributed by atoms with Gasteiger partial charge in [-0.15, -0.1) is 5.10 Å². The summed E-state index contributed by atoms with van der Waals surface area (Å²) >= 11 is 7.30. The Morgan fingerprint density at radius 2 is 1.88 bits per heavy atom. The normalized spacial score (nSPS) is 16.7. The summed E-state index contributed by atoms with van der Waals surface area (Å²) in [5.74, 6) is 0.864. The number of benzene rings is 1. The second-order valence-corrected chi connectivity index (χ2v) is 7.72. The molecule has 0 saturated carbocycles. The number of carbonyl (C=O) groups is 1. The minimum atomic E-state index is -0.183. The van der Waals surface area contributed by atoms with Gasteiger partial charge in [0.1, 0.15) is 0 Å². The van der Waals surface area contributed by atoms with E-state index >= 15 is 0 Å². The summed E-state index contributed by atoms with van der Waals surface area (Å²) < 4.78 is 0. The van der Waals surface area contributed by atoms with Crippen LogP contribution in [0.5, 0.6) is 0 Å². The van der Waals surface area contributed by atoms with Crippen LogP contribution < -0.4 is 0 Å². The second kappa shape index (κ2) is 8.03. The third-order valence-electron chi connectivity index (χ3n) is 4.13. The van der Waals surface area contributed by atoms with E-state index in [0.29, 0.717) is 16.0 Å². The highest BCUT2D eigenvalue weighted by Gasteiger charge is 2.23. The van der Waals surface area contributed by atoms with Crippen LogP contribution >= 0.6 is 23.4 Å². The van der Waals surface area contributed by atoms with Gasteiger partial charge in [0.2, 0.25) is 11.1 Å². The van der Waals surface area contributed by atoms with E-state index in [1.165, 1.54) is 24.6 Å². The number of H-pyrrole nitrogens is 1. The van der Waals surface area contributed by atoms with E-state index in [4.69, 9.17) is 11.6 Å². The molecule has 0 bridgehead atoms. The van der Waals surface area contributed by atoms with Gasteiger partial charge in [-0.25, -0.2) is 4.98 Å². The number of halogens is 1. The number of rotatable bonds is 4. The molecular formula is C17H21ClN4OS. The highest BCUT2D eigenvalue weighted by atomic mass is 35.5. The number of hydrogen-bond acceptors (Lipinski definition) is 4. The molecule has 3 rings (SSSR count). The van der Waals surface area contributed by atoms with E-state index in [-0.39, 0.29) is 11.2 Å². The van der Waals surface area contributed by atoms with Crippen LogP contribution in [0, 0.1) is 0 Å². The van der Waals surface area contributed by atoms with Gasteiger partial charge < -0.3 is 4.90 Å². The second-order valence-electron chi connectivity index (χ2n) is 5.97. The Labute approximate surface area is 151 Å². The maximum absolute atomic E-state index is 12.6. The SMILES string of the molecule is CC(Sc1n[nH]c(-c2ccc(Cl)cc2)n1)C(=O)N1CCCCCC1. The van der Waals surface area contributed by atoms with Gasteiger partial charge in [-0.1, -0.05) is 36.2 Å². The van der Waals surface area contributed by atoms with Crippen molar-refractivity contribution >= 4 is 29.3 Å². The topological polar surface area (TPSA) is 61.9 Å². The Balaban J connectivity index is 1.63. The van der Waals surface area contributed by atoms with Crippen LogP contribution in [0.15, 0.2) is 29.4 Å². The van der Waals surface area contributed by atoms with Crippen molar-refractivity contribution in [3.05, 3.63) is 29.3 Å². The number of aromatic nitrogens is 3. The molecule has 1 aromatic heterocycles. The van der Waals surface area contributed by atoms with E-state index in [9.17, 15) is 4.79 Å². The fraction of sp³-hybridized carbons (Fsp3) is 0.471. The quantitative estimate of drug-likeness (QED) is 0.832. The van der Waals surface area contributed by atoms with Crippen molar-refractivity contribution in [3.8, 4) is 11.4 Å². The molecule has 1 atom stereocenters. The first kappa shape index (κ1) is 17.3. The largest absolute Gasteiger partial charge is 0.342 e. The molecule has 1 fully saturated rings. The van der Waals surface area contributed by atoms with Crippen LogP contribution in [0.1, 0.15) is 32.6 Å². The number of nitrogens with one attached hydrogen (secondary N) is 1. The predicted octanol–water partition coefficient (Wildman–Crippen LogP) is 4.01. The lowest BCUT2D eigenvalue weighted by Gasteiger charge is -2.23. The van der Waals surface area contributed by atoms with Crippen LogP contribution in [-0.4, -0.2) is 44.3 Å². The zero-order chi connectivity index (χ0) is 16.9. The number of likely N-dealkylation sites (tertiary alicyclic amines) is 1. The van der Waals surface area contributed by atoms with E-state index < -0.39 is 0 Å². The molecule has 1 aliphatic rings. The predicted molar refractivity (Wildman–Crippen MR) is 97.2 cm³/mol. The fourth-order valence-electron chi connectivity index (χ4n) is 2.79. The van der Waals surface area contributed by atoms with Crippen molar-refractivity contribution in [1.82, 2.24) is 20.1 Å². The molecule has 1 aliphatic heterocycles. The number of aromatic amines is 1. The minimum absolute atomic E-state index is 0.180. The molecular weight excluding hydrogens is 344 g/mol. The number of amides is 1. The third kappa shape index (κ3) is 4.30. The Morgan fingerprint density at radius 1 is 1.21 bits per heavy atom. The minimum Gasteiger partial charge on any atom is -0.342 e. The number of nitrogens with zero attached hydrogens (tertiary/aromatic N) is 3. The first-order valence-electron chi connectivity index (χ1n) is 8.27. The lowest BCUT2D eigenvalue weighted by atomic mass is 10.2. The van der Waals surface area contributed by atoms with Gasteiger partial charge in [0, 0.05) is 23.7 Å². The van der Waals surface area contributed by atoms with Crippen LogP contribution in [-0.2, 0) is 4.79 Å². The highest BCUT2D eigenvalue weighted by Crippen LogP contribution is 2.25. The van der Waals surface area contributed by atoms with Crippen LogP contribution in [0.25, 0.3) is 11.4 Å². The molecule has 5 nitrogen and oxygen atoms in total. The molecule has 1 N–H and O–H groups in total. The summed E-state index contributed by atoms with van der Waals surface area (Å²) in [5.41, 5.74) is 0.922. The number of thioether (sulfide) groups is 1. The molecule has 128 valence electrons. The van der Waals surface area contributed by atoms with Crippen molar-refractivity contribution in [2.24, 2.45) is 0 Å². The lowest BCUT2D eigenvalue weighted by Crippen LogP contribution is -2.37. The zero-order valence-electron chi connectivity index (χ0n) is 13.7. The lowest BCUT2D eigenvalue weighted by molar-refractivity contribution is -0.130. The van der Waals surface area contributed by atoms with Gasteiger partial charge in [-0.3, -0.25) is 9.89 Å². The van der Waals surface area contributed by atoms with E-state index in [0.717, 1.165) is 31.5 Å². The molecule has 7 heteroatoms. The Kier molecular flexibility index (Phi) is 5.79. The molecule has 24 heavy (non-hydrogen) atoms. The first-order valence-corrected chi connectivity index (χ1v) is 9.53. The highest BCUT2D eigenvalue weighted by molar-refractivity contribution is 8.00. The Bertz CT molecular complexity index is 680. The zero-order valence-corrected chi connectivity index (χ0v) is 15.2. The molecule has 1 saturated heterocycles. The Morgan fingerprint density at radius 3 is 2.54 bits per heavy atom. The maximum Gasteiger partial charge on any atom is 0.235 e. The van der Waals surface area contributed by atoms with Gasteiger partial charge in [0.05, 0.1) is 5.25 Å². The summed E-state index contributed by atoms with van der Waals surface area (Å²) in [6.45, 7) is 3.66. The van der Waals surface area contributed by atoms with Crippen molar-refractivity contribution in [3.63, 3.8) is 0 Å². The van der Waals surface area contributed by atoms with Gasteiger partial charge >= 0.3 is 0 Å². The van der Waals surface area contributed by atoms with Crippen molar-refractivity contribution < 1.29 is 4.79 Å². The molecule has 0 aliphatic carbocycles. The van der Waals surface area contributed by atoms with Gasteiger partial charge in [0.25, 0.3) is 0 Å². The molecule has 1 unspecified atom stereocenters. The van der Waals surface area contributed by atoms with Gasteiger partial charge in [-0.2, -0.15) is 0 Å². The third-order valence-corrected chi connectivity index (χ3v) is 5.33. The average Bonchev–Trinajstić information content (AvgIpc) is 2.88. The van der Waals surface area contributed by atoms with Crippen LogP contribution in [0.2, 0.25) is 5.02 Å². The molecule has 2 heterocycles. The summed E-state index contributed by atoms with van der Waals surface area (Å²) in [6.07, 6.45) is 4.64. The molecule has 2 aromatic rings. The molecule has 0 spiro atoms. The van der Waals surface area contributed by atoms with E-state index in [1.807, 2.05) is 36.1 Å². The smallest absolute Gasteiger partial charge is 0.235 e. The monoisotopic (exact) mass is 364 g/mol. The van der Waals surface area contributed by atoms with Crippen molar-refractivity contribution in [2.75, 3.05) is 13.1 Å². The van der Waals surface area contributed by atoms with Crippen molar-refractivity contribution in [1.29, 1.82) is 0 Å². The molecule has 0 radical (unpaired) electrons. The van der Waals surface area contributed by atoms with E-state index in [1.54, 1.807) is 0 Å². The van der Waals surface area contributed by atoms with Crippen LogP contribution in [0.4, 0.5) is 0 Å². The summed E-state index contributed by atoms with van der Waals surface area (Å²) in [5, 5.41) is 8.24. The van der Waals surface area contributed by atoms with Gasteiger partial charge in [-0.05, 0) is 44.0 Å². The number of carbonyl (C=O) groups excluding carboxylic acids is 1. The van der Waals surface area contributed by atoms with Crippen LogP contribution in [0.3, 0.4) is 0 Å². The fourth-order valence-corrected chi connectivity index (χ4v) is 3.73. The summed E-state index contributed by atoms with van der Waals surface area (Å²) in [7, 11) is 0.